The van der Waals surface area contributed by atoms with Crippen LogP contribution in [0.15, 0.2) is 23.4 Å². The van der Waals surface area contributed by atoms with Gasteiger partial charge in [-0.25, -0.2) is 0 Å². The number of carbonyl (C=O) groups excluding carboxylic acids is 1. The van der Waals surface area contributed by atoms with E-state index in [9.17, 15) is 4.79 Å². The van der Waals surface area contributed by atoms with E-state index in [1.165, 1.54) is 37.9 Å². The van der Waals surface area contributed by atoms with Gasteiger partial charge >= 0.3 is 0 Å². The molecule has 2 rings (SSSR count). The van der Waals surface area contributed by atoms with Crippen molar-refractivity contribution in [3.8, 4) is 0 Å². The van der Waals surface area contributed by atoms with Crippen LogP contribution in [0.1, 0.15) is 40.0 Å². The van der Waals surface area contributed by atoms with E-state index in [1.807, 2.05) is 18.7 Å². The van der Waals surface area contributed by atoms with E-state index in [4.69, 9.17) is 0 Å². The molecule has 2 aliphatic heterocycles. The third kappa shape index (κ3) is 4.35. The lowest BCUT2D eigenvalue weighted by atomic mass is 10.1. The molecule has 1 saturated heterocycles. The van der Waals surface area contributed by atoms with Crippen LogP contribution in [-0.2, 0) is 4.79 Å². The first-order chi connectivity index (χ1) is 9.08. The highest BCUT2D eigenvalue weighted by molar-refractivity contribution is 5.85. The first-order valence-electron chi connectivity index (χ1n) is 7.48. The molecule has 2 heterocycles. The van der Waals surface area contributed by atoms with Crippen molar-refractivity contribution in [3.05, 3.63) is 23.4 Å². The molecule has 2 aliphatic rings. The van der Waals surface area contributed by atoms with Crippen molar-refractivity contribution >= 4 is 18.3 Å². The lowest BCUT2D eigenvalue weighted by molar-refractivity contribution is -0.131. The maximum absolute atomic E-state index is 12.4. The first kappa shape index (κ1) is 17.3. The minimum atomic E-state index is -0.00458. The molecule has 0 N–H and O–H groups in total. The van der Waals surface area contributed by atoms with Crippen LogP contribution in [0.5, 0.6) is 0 Å². The van der Waals surface area contributed by atoms with Gasteiger partial charge in [-0.1, -0.05) is 25.0 Å². The maximum atomic E-state index is 12.4. The molecule has 1 amide bonds. The summed E-state index contributed by atoms with van der Waals surface area (Å²) in [5.41, 5.74) is 2.28. The molecule has 4 heteroatoms. The number of piperidine rings is 1. The Morgan fingerprint density at radius 3 is 2.45 bits per heavy atom. The van der Waals surface area contributed by atoms with Crippen LogP contribution in [-0.4, -0.2) is 41.9 Å². The minimum Gasteiger partial charge on any atom is -0.315 e. The van der Waals surface area contributed by atoms with Crippen LogP contribution in [0.3, 0.4) is 0 Å². The molecule has 0 radical (unpaired) electrons. The van der Waals surface area contributed by atoms with E-state index in [0.717, 1.165) is 18.8 Å². The Balaban J connectivity index is 0.00000200. The summed E-state index contributed by atoms with van der Waals surface area (Å²) >= 11 is 0. The van der Waals surface area contributed by atoms with Crippen molar-refractivity contribution in [3.63, 3.8) is 0 Å². The highest BCUT2D eigenvalue weighted by Gasteiger charge is 2.23. The summed E-state index contributed by atoms with van der Waals surface area (Å²) in [7, 11) is 0. The van der Waals surface area contributed by atoms with Crippen LogP contribution >= 0.6 is 12.4 Å². The molecule has 0 aliphatic carbocycles. The minimum absolute atomic E-state index is 0. The smallest absolute Gasteiger partial charge is 0.233 e. The summed E-state index contributed by atoms with van der Waals surface area (Å²) in [5.74, 6) is 0.234. The van der Waals surface area contributed by atoms with Gasteiger partial charge in [-0.3, -0.25) is 4.79 Å². The molecule has 3 nitrogen and oxygen atoms in total. The molecule has 0 aromatic heterocycles. The Labute approximate surface area is 129 Å². The molecule has 1 unspecified atom stereocenters. The molecule has 114 valence electrons. The average molecular weight is 299 g/mol. The Kier molecular flexibility index (Phi) is 6.77. The molecule has 20 heavy (non-hydrogen) atoms. The molecule has 0 bridgehead atoms. The standard InChI is InChI=1S/C16H26N2O.ClH/c1-13-11-14(2)16(19)18(15(3)12-13)10-9-17-7-5-4-6-8-17;/h11-12,14H,4-10H2,1-3H3;1H. The maximum Gasteiger partial charge on any atom is 0.233 e. The van der Waals surface area contributed by atoms with Crippen molar-refractivity contribution in [2.75, 3.05) is 26.2 Å². The fourth-order valence-electron chi connectivity index (χ4n) is 3.05. The summed E-state index contributed by atoms with van der Waals surface area (Å²) in [6.45, 7) is 10.3. The van der Waals surface area contributed by atoms with Gasteiger partial charge in [0.15, 0.2) is 0 Å². The number of carbonyl (C=O) groups is 1. The lowest BCUT2D eigenvalue weighted by Gasteiger charge is -2.30. The molecule has 0 aromatic rings. The molecular formula is C16H27ClN2O. The highest BCUT2D eigenvalue weighted by atomic mass is 35.5. The normalized spacial score (nSPS) is 24.6. The zero-order chi connectivity index (χ0) is 13.8. The van der Waals surface area contributed by atoms with Crippen molar-refractivity contribution in [2.24, 2.45) is 5.92 Å². The van der Waals surface area contributed by atoms with E-state index in [1.54, 1.807) is 0 Å². The topological polar surface area (TPSA) is 23.6 Å². The predicted molar refractivity (Wildman–Crippen MR) is 85.9 cm³/mol. The van der Waals surface area contributed by atoms with Gasteiger partial charge in [-0.05, 0) is 45.9 Å². The van der Waals surface area contributed by atoms with Crippen LogP contribution in [0, 0.1) is 5.92 Å². The molecule has 0 saturated carbocycles. The predicted octanol–water partition coefficient (Wildman–Crippen LogP) is 3.22. The Morgan fingerprint density at radius 2 is 1.80 bits per heavy atom. The number of nitrogens with zero attached hydrogens (tertiary/aromatic N) is 2. The second kappa shape index (κ2) is 7.84. The van der Waals surface area contributed by atoms with Gasteiger partial charge in [0.1, 0.15) is 0 Å². The van der Waals surface area contributed by atoms with Gasteiger partial charge < -0.3 is 9.80 Å². The van der Waals surface area contributed by atoms with E-state index >= 15 is 0 Å². The van der Waals surface area contributed by atoms with Crippen molar-refractivity contribution in [1.29, 1.82) is 0 Å². The third-order valence-electron chi connectivity index (χ3n) is 4.12. The van der Waals surface area contributed by atoms with E-state index in [-0.39, 0.29) is 24.2 Å². The van der Waals surface area contributed by atoms with Gasteiger partial charge in [-0.15, -0.1) is 12.4 Å². The SMILES string of the molecule is CC1=CC(C)C(=O)N(CCN2CCCCC2)C(C)=C1.Cl. The second-order valence-corrected chi connectivity index (χ2v) is 5.88. The van der Waals surface area contributed by atoms with E-state index in [0.29, 0.717) is 0 Å². The second-order valence-electron chi connectivity index (χ2n) is 5.88. The van der Waals surface area contributed by atoms with Crippen molar-refractivity contribution in [1.82, 2.24) is 9.80 Å². The molecule has 0 spiro atoms. The Bertz CT molecular complexity index is 397. The van der Waals surface area contributed by atoms with Gasteiger partial charge in [0.05, 0.1) is 5.92 Å². The van der Waals surface area contributed by atoms with E-state index < -0.39 is 0 Å². The molecule has 1 fully saturated rings. The zero-order valence-corrected chi connectivity index (χ0v) is 13.7. The fraction of sp³-hybridized carbons (Fsp3) is 0.688. The summed E-state index contributed by atoms with van der Waals surface area (Å²) in [4.78, 5) is 16.8. The number of halogens is 1. The number of hydrogen-bond donors (Lipinski definition) is 0. The first-order valence-corrected chi connectivity index (χ1v) is 7.48. The summed E-state index contributed by atoms with van der Waals surface area (Å²) in [6.07, 6.45) is 8.15. The average Bonchev–Trinajstić information content (AvgIpc) is 2.47. The van der Waals surface area contributed by atoms with Crippen LogP contribution in [0.2, 0.25) is 0 Å². The van der Waals surface area contributed by atoms with Crippen molar-refractivity contribution in [2.45, 2.75) is 40.0 Å². The third-order valence-corrected chi connectivity index (χ3v) is 4.12. The Morgan fingerprint density at radius 1 is 1.15 bits per heavy atom. The van der Waals surface area contributed by atoms with Crippen molar-refractivity contribution < 1.29 is 4.79 Å². The zero-order valence-electron chi connectivity index (χ0n) is 12.9. The number of amides is 1. The van der Waals surface area contributed by atoms with Crippen LogP contribution in [0.4, 0.5) is 0 Å². The van der Waals surface area contributed by atoms with Gasteiger partial charge in [0.2, 0.25) is 5.91 Å². The molecule has 0 aromatic carbocycles. The Hall–Kier alpha value is -0.800. The summed E-state index contributed by atoms with van der Waals surface area (Å²) < 4.78 is 0. The number of likely N-dealkylation sites (tertiary alicyclic amines) is 1. The lowest BCUT2D eigenvalue weighted by Crippen LogP contribution is -2.40. The quantitative estimate of drug-likeness (QED) is 0.799. The largest absolute Gasteiger partial charge is 0.315 e. The number of rotatable bonds is 3. The van der Waals surface area contributed by atoms with E-state index in [2.05, 4.69) is 24.0 Å². The fourth-order valence-corrected chi connectivity index (χ4v) is 3.05. The van der Waals surface area contributed by atoms with Gasteiger partial charge in [0, 0.05) is 18.8 Å². The van der Waals surface area contributed by atoms with Gasteiger partial charge in [0.25, 0.3) is 0 Å². The van der Waals surface area contributed by atoms with Gasteiger partial charge in [-0.2, -0.15) is 0 Å². The van der Waals surface area contributed by atoms with Crippen LogP contribution < -0.4 is 0 Å². The molecular weight excluding hydrogens is 272 g/mol. The molecule has 1 atom stereocenters. The highest BCUT2D eigenvalue weighted by Crippen LogP contribution is 2.19. The summed E-state index contributed by atoms with van der Waals surface area (Å²) in [6, 6.07) is 0. The monoisotopic (exact) mass is 298 g/mol. The number of hydrogen-bond acceptors (Lipinski definition) is 2. The summed E-state index contributed by atoms with van der Waals surface area (Å²) in [5, 5.41) is 0. The van der Waals surface area contributed by atoms with Crippen LogP contribution in [0.25, 0.3) is 0 Å². The number of allylic oxidation sites excluding steroid dienone is 3.